The molecule has 1 N–H and O–H groups in total. The number of hydrogen-bond acceptors (Lipinski definition) is 5. The van der Waals surface area contributed by atoms with Crippen molar-refractivity contribution in [2.75, 3.05) is 25.3 Å². The molecule has 0 atom stereocenters. The van der Waals surface area contributed by atoms with Gasteiger partial charge in [-0.3, -0.25) is 4.79 Å². The molecule has 0 unspecified atom stereocenters. The number of amides is 1. The molecule has 134 valence electrons. The number of halogens is 1. The highest BCUT2D eigenvalue weighted by Crippen LogP contribution is 2.29. The number of rotatable bonds is 7. The van der Waals surface area contributed by atoms with Crippen LogP contribution in [0.5, 0.6) is 11.5 Å². The first-order chi connectivity index (χ1) is 11.9. The summed E-state index contributed by atoms with van der Waals surface area (Å²) in [6.45, 7) is 0. The average Bonchev–Trinajstić information content (AvgIpc) is 2.60. The predicted octanol–water partition coefficient (Wildman–Crippen LogP) is 3.16. The number of sulfone groups is 1. The third kappa shape index (κ3) is 4.87. The van der Waals surface area contributed by atoms with Crippen LogP contribution in [0, 0.1) is 0 Å². The number of anilines is 1. The van der Waals surface area contributed by atoms with E-state index in [1.165, 1.54) is 26.4 Å². The Morgan fingerprint density at radius 3 is 2.48 bits per heavy atom. The lowest BCUT2D eigenvalue weighted by molar-refractivity contribution is -0.115. The Balaban J connectivity index is 2.05. The highest BCUT2D eigenvalue weighted by atomic mass is 35.5. The summed E-state index contributed by atoms with van der Waals surface area (Å²) in [4.78, 5) is 12.1. The Morgan fingerprint density at radius 2 is 1.84 bits per heavy atom. The van der Waals surface area contributed by atoms with Crippen molar-refractivity contribution in [3.8, 4) is 11.5 Å². The van der Waals surface area contributed by atoms with Gasteiger partial charge in [-0.25, -0.2) is 8.42 Å². The first-order valence-corrected chi connectivity index (χ1v) is 9.39. The summed E-state index contributed by atoms with van der Waals surface area (Å²) < 4.78 is 34.9. The molecule has 0 aliphatic heterocycles. The minimum absolute atomic E-state index is 0.0199. The van der Waals surface area contributed by atoms with Gasteiger partial charge in [-0.2, -0.15) is 0 Å². The second kappa shape index (κ2) is 8.22. The standard InChI is InChI=1S/C17H18ClNO5S/c1-23-12-7-8-14(15(11-12)24-2)19-17(20)9-10-25(21,22)16-6-4-3-5-13(16)18/h3-8,11H,9-10H2,1-2H3,(H,19,20). The zero-order valence-corrected chi connectivity index (χ0v) is 15.4. The maximum absolute atomic E-state index is 12.3. The van der Waals surface area contributed by atoms with Crippen LogP contribution >= 0.6 is 11.6 Å². The molecule has 25 heavy (non-hydrogen) atoms. The monoisotopic (exact) mass is 383 g/mol. The first-order valence-electron chi connectivity index (χ1n) is 7.36. The lowest BCUT2D eigenvalue weighted by atomic mass is 10.2. The van der Waals surface area contributed by atoms with Crippen LogP contribution in [0.3, 0.4) is 0 Å². The SMILES string of the molecule is COc1ccc(NC(=O)CCS(=O)(=O)c2ccccc2Cl)c(OC)c1. The topological polar surface area (TPSA) is 81.7 Å². The van der Waals surface area contributed by atoms with E-state index >= 15 is 0 Å². The van der Waals surface area contributed by atoms with Gasteiger partial charge in [0, 0.05) is 12.5 Å². The fourth-order valence-electron chi connectivity index (χ4n) is 2.15. The summed E-state index contributed by atoms with van der Waals surface area (Å²) in [5.41, 5.74) is 0.434. The minimum Gasteiger partial charge on any atom is -0.497 e. The molecule has 0 aliphatic carbocycles. The second-order valence-electron chi connectivity index (χ2n) is 5.11. The van der Waals surface area contributed by atoms with E-state index in [2.05, 4.69) is 5.32 Å². The van der Waals surface area contributed by atoms with Gasteiger partial charge in [-0.05, 0) is 24.3 Å². The fraction of sp³-hybridized carbons (Fsp3) is 0.235. The zero-order chi connectivity index (χ0) is 18.4. The van der Waals surface area contributed by atoms with Crippen molar-refractivity contribution in [1.29, 1.82) is 0 Å². The first kappa shape index (κ1) is 19.1. The van der Waals surface area contributed by atoms with Crippen molar-refractivity contribution in [1.82, 2.24) is 0 Å². The van der Waals surface area contributed by atoms with Gasteiger partial charge < -0.3 is 14.8 Å². The van der Waals surface area contributed by atoms with Gasteiger partial charge >= 0.3 is 0 Å². The van der Waals surface area contributed by atoms with E-state index in [4.69, 9.17) is 21.1 Å². The van der Waals surface area contributed by atoms with Crippen LogP contribution in [0.1, 0.15) is 6.42 Å². The van der Waals surface area contributed by atoms with Gasteiger partial charge in [0.2, 0.25) is 5.91 Å². The largest absolute Gasteiger partial charge is 0.497 e. The average molecular weight is 384 g/mol. The van der Waals surface area contributed by atoms with E-state index in [1.54, 1.807) is 30.3 Å². The van der Waals surface area contributed by atoms with E-state index in [1.807, 2.05) is 0 Å². The summed E-state index contributed by atoms with van der Waals surface area (Å²) in [5, 5.41) is 2.77. The number of nitrogens with one attached hydrogen (secondary N) is 1. The Labute approximate surface area is 151 Å². The summed E-state index contributed by atoms with van der Waals surface area (Å²) >= 11 is 5.91. The van der Waals surface area contributed by atoms with E-state index in [0.29, 0.717) is 17.2 Å². The lowest BCUT2D eigenvalue weighted by Gasteiger charge is -2.12. The lowest BCUT2D eigenvalue weighted by Crippen LogP contribution is -2.18. The van der Waals surface area contributed by atoms with Gasteiger partial charge in [0.15, 0.2) is 9.84 Å². The molecule has 2 aromatic carbocycles. The molecule has 1 amide bonds. The Kier molecular flexibility index (Phi) is 6.27. The quantitative estimate of drug-likeness (QED) is 0.794. The molecule has 0 saturated heterocycles. The van der Waals surface area contributed by atoms with Crippen molar-refractivity contribution in [2.24, 2.45) is 0 Å². The molecule has 0 heterocycles. The minimum atomic E-state index is -3.65. The normalized spacial score (nSPS) is 11.0. The molecule has 0 bridgehead atoms. The predicted molar refractivity (Wildman–Crippen MR) is 96.3 cm³/mol. The van der Waals surface area contributed by atoms with Gasteiger partial charge in [0.05, 0.1) is 35.6 Å². The van der Waals surface area contributed by atoms with Crippen LogP contribution in [0.15, 0.2) is 47.4 Å². The maximum Gasteiger partial charge on any atom is 0.225 e. The van der Waals surface area contributed by atoms with Crippen LogP contribution in [0.2, 0.25) is 5.02 Å². The summed E-state index contributed by atoms with van der Waals surface area (Å²) in [6.07, 6.45) is -0.206. The third-order valence-corrected chi connectivity index (χ3v) is 5.66. The number of carbonyl (C=O) groups is 1. The number of benzene rings is 2. The van der Waals surface area contributed by atoms with E-state index in [9.17, 15) is 13.2 Å². The van der Waals surface area contributed by atoms with Gasteiger partial charge in [-0.15, -0.1) is 0 Å². The summed E-state index contributed by atoms with van der Waals surface area (Å²) in [6, 6.07) is 11.1. The highest BCUT2D eigenvalue weighted by molar-refractivity contribution is 7.91. The molecule has 0 fully saturated rings. The molecular formula is C17H18ClNO5S. The number of methoxy groups -OCH3 is 2. The van der Waals surface area contributed by atoms with Crippen LogP contribution in [0.25, 0.3) is 0 Å². The molecule has 0 spiro atoms. The van der Waals surface area contributed by atoms with Crippen molar-refractivity contribution in [3.63, 3.8) is 0 Å². The van der Waals surface area contributed by atoms with Crippen molar-refractivity contribution in [2.45, 2.75) is 11.3 Å². The number of carbonyl (C=O) groups excluding carboxylic acids is 1. The Morgan fingerprint density at radius 1 is 1.12 bits per heavy atom. The molecule has 6 nitrogen and oxygen atoms in total. The highest BCUT2D eigenvalue weighted by Gasteiger charge is 2.19. The van der Waals surface area contributed by atoms with Gasteiger partial charge in [-0.1, -0.05) is 23.7 Å². The molecule has 2 aromatic rings. The summed E-state index contributed by atoms with van der Waals surface area (Å²) in [7, 11) is -0.664. The Bertz CT molecular complexity index is 867. The van der Waals surface area contributed by atoms with Crippen molar-refractivity contribution in [3.05, 3.63) is 47.5 Å². The molecule has 0 saturated carbocycles. The van der Waals surface area contributed by atoms with Gasteiger partial charge in [0.1, 0.15) is 11.5 Å². The second-order valence-corrected chi connectivity index (χ2v) is 7.60. The van der Waals surface area contributed by atoms with E-state index in [0.717, 1.165) is 0 Å². The fourth-order valence-corrected chi connectivity index (χ4v) is 3.96. The zero-order valence-electron chi connectivity index (χ0n) is 13.8. The number of hydrogen-bond donors (Lipinski definition) is 1. The van der Waals surface area contributed by atoms with Crippen LogP contribution < -0.4 is 14.8 Å². The Hall–Kier alpha value is -2.25. The van der Waals surface area contributed by atoms with Crippen LogP contribution in [-0.4, -0.2) is 34.3 Å². The summed E-state index contributed by atoms with van der Waals surface area (Å²) in [5.74, 6) is 0.206. The van der Waals surface area contributed by atoms with Crippen LogP contribution in [-0.2, 0) is 14.6 Å². The molecule has 0 radical (unpaired) electrons. The van der Waals surface area contributed by atoms with E-state index in [-0.39, 0.29) is 22.1 Å². The third-order valence-electron chi connectivity index (χ3n) is 3.45. The van der Waals surface area contributed by atoms with E-state index < -0.39 is 15.7 Å². The maximum atomic E-state index is 12.3. The molecule has 0 aliphatic rings. The van der Waals surface area contributed by atoms with Crippen molar-refractivity contribution >= 4 is 33.0 Å². The van der Waals surface area contributed by atoms with Gasteiger partial charge in [0.25, 0.3) is 0 Å². The molecule has 8 heteroatoms. The molecule has 0 aromatic heterocycles. The number of ether oxygens (including phenoxy) is 2. The van der Waals surface area contributed by atoms with Crippen molar-refractivity contribution < 1.29 is 22.7 Å². The molecular weight excluding hydrogens is 366 g/mol. The molecule has 2 rings (SSSR count). The van der Waals surface area contributed by atoms with Crippen LogP contribution in [0.4, 0.5) is 5.69 Å². The smallest absolute Gasteiger partial charge is 0.225 e.